The summed E-state index contributed by atoms with van der Waals surface area (Å²) in [5, 5.41) is 24.0. The van der Waals surface area contributed by atoms with Crippen molar-refractivity contribution in [3.63, 3.8) is 0 Å². The van der Waals surface area contributed by atoms with Crippen molar-refractivity contribution in [2.45, 2.75) is 82.3 Å². The molecule has 0 aliphatic heterocycles. The van der Waals surface area contributed by atoms with Gasteiger partial charge >= 0.3 is 12.3 Å². The summed E-state index contributed by atoms with van der Waals surface area (Å²) in [5.74, 6) is -4.23. The van der Waals surface area contributed by atoms with Gasteiger partial charge in [0.1, 0.15) is 40.8 Å². The van der Waals surface area contributed by atoms with Crippen LogP contribution in [0.15, 0.2) is 42.5 Å². The molecule has 0 radical (unpaired) electrons. The number of ether oxygens (including phenoxy) is 1. The number of nitrogens with zero attached hydrogens (tertiary/aromatic N) is 5. The average molecular weight is 953 g/mol. The number of anilines is 1. The van der Waals surface area contributed by atoms with Crippen molar-refractivity contribution in [2.75, 3.05) is 17.5 Å². The molecule has 4 N–H and O–H groups in total. The maximum Gasteiger partial charge on any atom is 0.435 e. The van der Waals surface area contributed by atoms with E-state index in [9.17, 15) is 45.1 Å². The maximum absolute atomic E-state index is 15.5. The number of aliphatic hydroxyl groups is 1. The van der Waals surface area contributed by atoms with Crippen LogP contribution >= 0.6 is 11.6 Å². The van der Waals surface area contributed by atoms with Gasteiger partial charge in [-0.05, 0) is 88.3 Å². The number of sulfonamides is 1. The number of halogens is 8. The van der Waals surface area contributed by atoms with Crippen molar-refractivity contribution >= 4 is 50.3 Å². The van der Waals surface area contributed by atoms with Gasteiger partial charge < -0.3 is 20.5 Å². The SMILES string of the molecule is Cn1nc(NS(C)(=O)=O)c2c(Cl)ccc(-c3ccc(C#CC(C)(O)CNC(=O)OC(C)(C)C)nc3[C@H](Cc3cc(F)cc(F)c3)NC(=O)Cn3nc(C(F)(F)F)c4c3C(F)(F)C3C[C@H]43)c21. The summed E-state index contributed by atoms with van der Waals surface area (Å²) in [5.41, 5.74) is -5.62. The van der Waals surface area contributed by atoms with Gasteiger partial charge in [-0.25, -0.2) is 27.0 Å². The summed E-state index contributed by atoms with van der Waals surface area (Å²) in [6.45, 7) is 4.65. The van der Waals surface area contributed by atoms with Crippen molar-refractivity contribution in [3.8, 4) is 23.0 Å². The quantitative estimate of drug-likeness (QED) is 0.0794. The zero-order valence-electron chi connectivity index (χ0n) is 35.3. The molecule has 7 rings (SSSR count). The molecule has 2 aliphatic carbocycles. The highest BCUT2D eigenvalue weighted by Gasteiger charge is 2.68. The standard InChI is InChI=1S/C42H40ClF7N8O6S/c1-39(2,3)64-38(60)51-19-40(4,61)12-11-23-7-8-24(25-9-10-28(43)32-34(25)57(5)55-37(32)56-65(6,62)63)33(52-23)29(15-20-13-21(44)16-22(45)14-20)53-30(59)18-58-36-31(35(54-58)42(48,49)50)26-17-27(26)41(36,46)47/h7-10,13-14,16,26-27,29,61H,15,17-19H2,1-6H3,(H,51,60)(H,53,59)(H,55,56)/t26-,27?,29-,40?/m0/s1. The lowest BCUT2D eigenvalue weighted by atomic mass is 9.93. The van der Waals surface area contributed by atoms with Gasteiger partial charge in [-0.3, -0.25) is 18.9 Å². The number of hydrogen-bond acceptors (Lipinski definition) is 9. The minimum Gasteiger partial charge on any atom is -0.444 e. The summed E-state index contributed by atoms with van der Waals surface area (Å²) in [7, 11) is -2.43. The average Bonchev–Trinajstić information content (AvgIpc) is 3.70. The van der Waals surface area contributed by atoms with Gasteiger partial charge in [-0.1, -0.05) is 23.6 Å². The molecule has 2 unspecified atom stereocenters. The molecule has 346 valence electrons. The molecule has 2 aromatic carbocycles. The summed E-state index contributed by atoms with van der Waals surface area (Å²) in [4.78, 5) is 31.0. The van der Waals surface area contributed by atoms with Crippen LogP contribution in [0.1, 0.15) is 80.0 Å². The molecule has 3 aromatic heterocycles. The van der Waals surface area contributed by atoms with Crippen molar-refractivity contribution in [3.05, 3.63) is 93.0 Å². The number of aromatic nitrogens is 5. The normalized spacial score (nSPS) is 17.9. The summed E-state index contributed by atoms with van der Waals surface area (Å²) >= 11 is 6.60. The van der Waals surface area contributed by atoms with Gasteiger partial charge in [0.2, 0.25) is 15.9 Å². The smallest absolute Gasteiger partial charge is 0.435 e. The Balaban J connectivity index is 1.36. The first kappa shape index (κ1) is 47.1. The van der Waals surface area contributed by atoms with Gasteiger partial charge in [0.05, 0.1) is 40.5 Å². The van der Waals surface area contributed by atoms with E-state index >= 15 is 8.78 Å². The van der Waals surface area contributed by atoms with Crippen LogP contribution in [0.25, 0.3) is 22.0 Å². The molecule has 0 bridgehead atoms. The molecular weight excluding hydrogens is 913 g/mol. The van der Waals surface area contributed by atoms with Crippen LogP contribution in [0.5, 0.6) is 0 Å². The zero-order valence-corrected chi connectivity index (χ0v) is 36.8. The van der Waals surface area contributed by atoms with E-state index in [-0.39, 0.29) is 56.2 Å². The topological polar surface area (TPSA) is 182 Å². The number of pyridine rings is 1. The predicted octanol–water partition coefficient (Wildman–Crippen LogP) is 7.09. The molecule has 65 heavy (non-hydrogen) atoms. The molecule has 2 amide bonds. The predicted molar refractivity (Wildman–Crippen MR) is 222 cm³/mol. The van der Waals surface area contributed by atoms with Crippen LogP contribution in [-0.4, -0.2) is 74.1 Å². The number of fused-ring (bicyclic) bond motifs is 4. The third-order valence-corrected chi connectivity index (χ3v) is 11.3. The van der Waals surface area contributed by atoms with Gasteiger partial charge in [0, 0.05) is 35.7 Å². The Labute approximate surface area is 371 Å². The lowest BCUT2D eigenvalue weighted by molar-refractivity contribution is -0.142. The van der Waals surface area contributed by atoms with Crippen LogP contribution in [0.3, 0.4) is 0 Å². The minimum atomic E-state index is -5.12. The molecule has 0 spiro atoms. The molecule has 23 heteroatoms. The molecule has 2 aliphatic rings. The highest BCUT2D eigenvalue weighted by atomic mass is 35.5. The van der Waals surface area contributed by atoms with E-state index in [1.807, 2.05) is 0 Å². The molecule has 1 fully saturated rings. The summed E-state index contributed by atoms with van der Waals surface area (Å²) in [6.07, 6.45) is -5.72. The molecule has 5 aromatic rings. The van der Waals surface area contributed by atoms with Gasteiger partial charge in [-0.15, -0.1) is 0 Å². The van der Waals surface area contributed by atoms with Crippen LogP contribution in [0.2, 0.25) is 5.02 Å². The van der Waals surface area contributed by atoms with E-state index in [1.165, 1.54) is 42.9 Å². The number of benzene rings is 2. The number of rotatable bonds is 11. The number of hydrogen-bond donors (Lipinski definition) is 4. The molecule has 1 saturated carbocycles. The number of carbonyl (C=O) groups is 2. The van der Waals surface area contributed by atoms with E-state index in [4.69, 9.17) is 21.3 Å². The first-order valence-electron chi connectivity index (χ1n) is 19.7. The molecule has 3 heterocycles. The van der Waals surface area contributed by atoms with E-state index in [0.717, 1.165) is 18.4 Å². The van der Waals surface area contributed by atoms with Gasteiger partial charge in [0.25, 0.3) is 5.92 Å². The van der Waals surface area contributed by atoms with Crippen molar-refractivity contribution < 1.29 is 58.6 Å². The molecule has 4 atom stereocenters. The Morgan fingerprint density at radius 2 is 1.71 bits per heavy atom. The number of alkyl halides is 5. The zero-order chi connectivity index (χ0) is 47.8. The first-order chi connectivity index (χ1) is 30.0. The Hall–Kier alpha value is -5.92. The Morgan fingerprint density at radius 1 is 1.05 bits per heavy atom. The number of nitrogens with one attached hydrogen (secondary N) is 3. The minimum absolute atomic E-state index is 0.0550. The van der Waals surface area contributed by atoms with E-state index in [2.05, 4.69) is 37.4 Å². The van der Waals surface area contributed by atoms with E-state index in [1.54, 1.807) is 20.8 Å². The second kappa shape index (κ2) is 16.5. The van der Waals surface area contributed by atoms with Crippen LogP contribution in [0, 0.1) is 29.4 Å². The fraction of sp³-hybridized carbons (Fsp3) is 0.405. The lowest BCUT2D eigenvalue weighted by Crippen LogP contribution is -2.42. The maximum atomic E-state index is 15.5. The number of carbonyl (C=O) groups excluding carboxylic acids is 2. The highest BCUT2D eigenvalue weighted by Crippen LogP contribution is 2.68. The third kappa shape index (κ3) is 10.2. The van der Waals surface area contributed by atoms with Crippen LogP contribution < -0.4 is 15.4 Å². The van der Waals surface area contributed by atoms with Crippen LogP contribution in [-0.2, 0) is 51.7 Å². The number of aryl methyl sites for hydroxylation is 1. The first-order valence-corrected chi connectivity index (χ1v) is 22.0. The summed E-state index contributed by atoms with van der Waals surface area (Å²) < 4.78 is 137. The van der Waals surface area contributed by atoms with E-state index < -0.39 is 111 Å². The van der Waals surface area contributed by atoms with Crippen molar-refractivity contribution in [1.29, 1.82) is 0 Å². The highest BCUT2D eigenvalue weighted by molar-refractivity contribution is 7.92. The largest absolute Gasteiger partial charge is 0.444 e. The summed E-state index contributed by atoms with van der Waals surface area (Å²) in [6, 6.07) is 6.80. The molecule has 14 nitrogen and oxygen atoms in total. The van der Waals surface area contributed by atoms with Gasteiger partial charge in [0.15, 0.2) is 11.5 Å². The fourth-order valence-electron chi connectivity index (χ4n) is 7.83. The molecule has 0 saturated heterocycles. The second-order valence-corrected chi connectivity index (χ2v) is 19.3. The Bertz CT molecular complexity index is 2920. The fourth-order valence-corrected chi connectivity index (χ4v) is 8.57. The van der Waals surface area contributed by atoms with E-state index in [0.29, 0.717) is 10.7 Å². The number of amides is 2. The number of alkyl carbamates (subject to hydrolysis) is 1. The lowest BCUT2D eigenvalue weighted by Gasteiger charge is -2.23. The molecular formula is C42H40ClF7N8O6S. The van der Waals surface area contributed by atoms with Crippen molar-refractivity contribution in [2.24, 2.45) is 13.0 Å². The van der Waals surface area contributed by atoms with Crippen LogP contribution in [0.4, 0.5) is 41.3 Å². The second-order valence-electron chi connectivity index (χ2n) is 17.1. The Morgan fingerprint density at radius 3 is 2.34 bits per heavy atom. The third-order valence-electron chi connectivity index (χ3n) is 10.4. The Kier molecular flexibility index (Phi) is 11.9. The monoisotopic (exact) mass is 952 g/mol. The van der Waals surface area contributed by atoms with Crippen molar-refractivity contribution in [1.82, 2.24) is 35.2 Å². The van der Waals surface area contributed by atoms with Gasteiger partial charge in [-0.2, -0.15) is 32.1 Å².